The molecule has 1 aromatic carbocycles. The maximum absolute atomic E-state index is 11.9. The maximum Gasteiger partial charge on any atom is 0.407 e. The standard InChI is InChI=1S/C19H21IN4O2S/c1-12-9-13(5-6-14(12)10-21-18(25)26-19(2,3)4)16-15-7-8-24(27-20)17(15)23-11-22-16/h5-9,11H,10H2,1-4H3,(H,21,25). The number of hydrogen-bond acceptors (Lipinski definition) is 5. The lowest BCUT2D eigenvalue weighted by Gasteiger charge is -2.20. The van der Waals surface area contributed by atoms with Gasteiger partial charge in [-0.15, -0.1) is 0 Å². The molecule has 0 spiro atoms. The largest absolute Gasteiger partial charge is 0.444 e. The summed E-state index contributed by atoms with van der Waals surface area (Å²) in [5.74, 6) is 0. The van der Waals surface area contributed by atoms with Gasteiger partial charge >= 0.3 is 6.09 Å². The van der Waals surface area contributed by atoms with Crippen LogP contribution in [-0.2, 0) is 11.3 Å². The van der Waals surface area contributed by atoms with Crippen molar-refractivity contribution < 1.29 is 9.53 Å². The number of carbonyl (C=O) groups is 1. The average Bonchev–Trinajstić information content (AvgIpc) is 3.02. The molecule has 0 bridgehead atoms. The van der Waals surface area contributed by atoms with Crippen LogP contribution in [0.3, 0.4) is 0 Å². The Morgan fingerprint density at radius 1 is 1.30 bits per heavy atom. The molecule has 0 aliphatic rings. The number of fused-ring (bicyclic) bond motifs is 1. The highest BCUT2D eigenvalue weighted by Gasteiger charge is 2.16. The highest BCUT2D eigenvalue weighted by atomic mass is 127. The fourth-order valence-electron chi connectivity index (χ4n) is 2.74. The minimum atomic E-state index is -0.506. The molecule has 2 heterocycles. The third-order valence-corrected chi connectivity index (χ3v) is 5.68. The smallest absolute Gasteiger partial charge is 0.407 e. The van der Waals surface area contributed by atoms with Gasteiger partial charge in [-0.2, -0.15) is 0 Å². The first-order chi connectivity index (χ1) is 12.8. The van der Waals surface area contributed by atoms with Gasteiger partial charge in [-0.3, -0.25) is 3.97 Å². The number of aromatic nitrogens is 3. The second-order valence-electron chi connectivity index (χ2n) is 7.17. The molecule has 0 atom stereocenters. The number of amides is 1. The quantitative estimate of drug-likeness (QED) is 0.498. The molecular weight excluding hydrogens is 475 g/mol. The summed E-state index contributed by atoms with van der Waals surface area (Å²) in [4.78, 5) is 20.7. The minimum Gasteiger partial charge on any atom is -0.444 e. The van der Waals surface area contributed by atoms with Crippen molar-refractivity contribution >= 4 is 47.5 Å². The van der Waals surface area contributed by atoms with Crippen molar-refractivity contribution in [1.29, 1.82) is 0 Å². The highest BCUT2D eigenvalue weighted by Crippen LogP contribution is 2.30. The van der Waals surface area contributed by atoms with Gasteiger partial charge in [0.25, 0.3) is 0 Å². The predicted octanol–water partition coefficient (Wildman–Crippen LogP) is 5.28. The first kappa shape index (κ1) is 19.9. The van der Waals surface area contributed by atoms with Crippen LogP contribution >= 0.6 is 30.3 Å². The van der Waals surface area contributed by atoms with Gasteiger partial charge in [-0.05, 0) is 51.0 Å². The summed E-state index contributed by atoms with van der Waals surface area (Å²) < 4.78 is 7.29. The molecule has 27 heavy (non-hydrogen) atoms. The zero-order chi connectivity index (χ0) is 19.6. The number of alkyl carbamates (subject to hydrolysis) is 1. The van der Waals surface area contributed by atoms with Crippen LogP contribution in [0.1, 0.15) is 31.9 Å². The van der Waals surface area contributed by atoms with Gasteiger partial charge in [0, 0.05) is 54.0 Å². The van der Waals surface area contributed by atoms with Crippen LogP contribution in [0.25, 0.3) is 22.3 Å². The number of rotatable bonds is 4. The molecule has 142 valence electrons. The fraction of sp³-hybridized carbons (Fsp3) is 0.316. The summed E-state index contributed by atoms with van der Waals surface area (Å²) in [5, 5.41) is 3.82. The van der Waals surface area contributed by atoms with Gasteiger partial charge in [-0.25, -0.2) is 14.8 Å². The summed E-state index contributed by atoms with van der Waals surface area (Å²) >= 11 is 2.23. The Balaban J connectivity index is 1.81. The van der Waals surface area contributed by atoms with Crippen molar-refractivity contribution in [2.45, 2.75) is 39.8 Å². The molecule has 0 saturated heterocycles. The van der Waals surface area contributed by atoms with E-state index in [-0.39, 0.29) is 0 Å². The number of hydrogen-bond donors (Lipinski definition) is 1. The van der Waals surface area contributed by atoms with Gasteiger partial charge < -0.3 is 10.1 Å². The van der Waals surface area contributed by atoms with E-state index in [0.717, 1.165) is 33.4 Å². The number of carbonyl (C=O) groups excluding carboxylic acids is 1. The van der Waals surface area contributed by atoms with Crippen molar-refractivity contribution in [3.63, 3.8) is 0 Å². The van der Waals surface area contributed by atoms with E-state index in [0.29, 0.717) is 6.54 Å². The monoisotopic (exact) mass is 496 g/mol. The Hall–Kier alpha value is -1.81. The van der Waals surface area contributed by atoms with Crippen LogP contribution < -0.4 is 5.32 Å². The van der Waals surface area contributed by atoms with Gasteiger partial charge in [0.2, 0.25) is 0 Å². The third-order valence-electron chi connectivity index (χ3n) is 3.96. The van der Waals surface area contributed by atoms with Crippen LogP contribution in [0.15, 0.2) is 36.8 Å². The summed E-state index contributed by atoms with van der Waals surface area (Å²) in [6.07, 6.45) is 3.17. The minimum absolute atomic E-state index is 0.416. The first-order valence-electron chi connectivity index (χ1n) is 8.46. The number of nitrogens with zero attached hydrogens (tertiary/aromatic N) is 3. The topological polar surface area (TPSA) is 69.0 Å². The molecule has 3 aromatic rings. The summed E-state index contributed by atoms with van der Waals surface area (Å²) in [6, 6.07) is 8.15. The summed E-state index contributed by atoms with van der Waals surface area (Å²) in [5.41, 5.74) is 4.44. The van der Waals surface area contributed by atoms with Gasteiger partial charge in [0.15, 0.2) is 5.65 Å². The molecule has 1 N–H and O–H groups in total. The van der Waals surface area contributed by atoms with E-state index in [1.807, 2.05) is 56.1 Å². The zero-order valence-corrected chi connectivity index (χ0v) is 18.6. The molecule has 0 radical (unpaired) electrons. The average molecular weight is 496 g/mol. The highest BCUT2D eigenvalue weighted by molar-refractivity contribution is 14.2. The van der Waals surface area contributed by atoms with E-state index in [1.54, 1.807) is 15.4 Å². The molecule has 3 rings (SSSR count). The number of benzene rings is 1. The number of halogens is 1. The SMILES string of the molecule is Cc1cc(-c2ncnc3c2ccn3SI)ccc1CNC(=O)OC(C)(C)C. The molecule has 6 nitrogen and oxygen atoms in total. The lowest BCUT2D eigenvalue weighted by Crippen LogP contribution is -2.32. The van der Waals surface area contributed by atoms with Crippen LogP contribution in [0.2, 0.25) is 0 Å². The van der Waals surface area contributed by atoms with E-state index >= 15 is 0 Å². The predicted molar refractivity (Wildman–Crippen MR) is 118 cm³/mol. The molecule has 0 unspecified atom stereocenters. The molecule has 2 aromatic heterocycles. The Kier molecular flexibility index (Phi) is 5.95. The van der Waals surface area contributed by atoms with Crippen molar-refractivity contribution in [3.05, 3.63) is 47.9 Å². The Morgan fingerprint density at radius 3 is 2.74 bits per heavy atom. The van der Waals surface area contributed by atoms with E-state index in [4.69, 9.17) is 4.74 Å². The molecule has 0 fully saturated rings. The molecular formula is C19H21IN4O2S. The van der Waals surface area contributed by atoms with E-state index in [9.17, 15) is 4.79 Å². The van der Waals surface area contributed by atoms with Crippen molar-refractivity contribution in [3.8, 4) is 11.3 Å². The number of nitrogens with one attached hydrogen (secondary N) is 1. The molecule has 1 amide bonds. The Morgan fingerprint density at radius 2 is 2.07 bits per heavy atom. The van der Waals surface area contributed by atoms with E-state index in [2.05, 4.69) is 42.6 Å². The second kappa shape index (κ2) is 8.05. The van der Waals surface area contributed by atoms with Crippen LogP contribution in [0.5, 0.6) is 0 Å². The third kappa shape index (κ3) is 4.73. The van der Waals surface area contributed by atoms with Crippen molar-refractivity contribution in [2.24, 2.45) is 0 Å². The van der Waals surface area contributed by atoms with E-state index in [1.165, 1.54) is 0 Å². The Labute approximate surface area is 174 Å². The maximum atomic E-state index is 11.9. The lowest BCUT2D eigenvalue weighted by molar-refractivity contribution is 0.0523. The molecule has 0 aliphatic carbocycles. The fourth-order valence-corrected chi connectivity index (χ4v) is 4.01. The van der Waals surface area contributed by atoms with Crippen LogP contribution in [0, 0.1) is 6.92 Å². The normalized spacial score (nSPS) is 11.6. The van der Waals surface area contributed by atoms with Crippen LogP contribution in [0.4, 0.5) is 4.79 Å². The van der Waals surface area contributed by atoms with E-state index < -0.39 is 11.7 Å². The number of aryl methyl sites for hydroxylation is 1. The Bertz CT molecular complexity index is 981. The van der Waals surface area contributed by atoms with Gasteiger partial charge in [0.05, 0.1) is 5.69 Å². The lowest BCUT2D eigenvalue weighted by atomic mass is 10.0. The van der Waals surface area contributed by atoms with Gasteiger partial charge in [0.1, 0.15) is 11.9 Å². The zero-order valence-electron chi connectivity index (χ0n) is 15.6. The number of ether oxygens (including phenoxy) is 1. The van der Waals surface area contributed by atoms with Crippen LogP contribution in [-0.4, -0.2) is 25.6 Å². The van der Waals surface area contributed by atoms with Crippen molar-refractivity contribution in [2.75, 3.05) is 0 Å². The van der Waals surface area contributed by atoms with Crippen molar-refractivity contribution in [1.82, 2.24) is 19.3 Å². The summed E-state index contributed by atoms with van der Waals surface area (Å²) in [6.45, 7) is 7.98. The second-order valence-corrected chi connectivity index (χ2v) is 8.88. The van der Waals surface area contributed by atoms with Gasteiger partial charge in [-0.1, -0.05) is 12.1 Å². The first-order valence-corrected chi connectivity index (χ1v) is 11.8. The molecule has 0 aliphatic heterocycles. The summed E-state index contributed by atoms with van der Waals surface area (Å²) in [7, 11) is 1.57. The molecule has 0 saturated carbocycles. The molecule has 8 heteroatoms.